The zero-order chi connectivity index (χ0) is 12.5. The summed E-state index contributed by atoms with van der Waals surface area (Å²) < 4.78 is 36.2. The van der Waals surface area contributed by atoms with Crippen molar-refractivity contribution in [2.75, 3.05) is 6.61 Å². The molecule has 94 valence electrons. The second-order valence-corrected chi connectivity index (χ2v) is 6.99. The lowest BCUT2D eigenvalue weighted by molar-refractivity contribution is 0.0779. The van der Waals surface area contributed by atoms with E-state index in [1.807, 2.05) is 0 Å². The van der Waals surface area contributed by atoms with Crippen LogP contribution in [0.2, 0.25) is 0 Å². The summed E-state index contributed by atoms with van der Waals surface area (Å²) >= 11 is 0. The minimum absolute atomic E-state index is 0.182. The average molecular weight is 258 g/mol. The lowest BCUT2D eigenvalue weighted by atomic mass is 10.1. The molecular formula is C12H16FO3P. The van der Waals surface area contributed by atoms with Gasteiger partial charge in [0.2, 0.25) is 0 Å². The van der Waals surface area contributed by atoms with E-state index < -0.39 is 7.60 Å². The minimum Gasteiger partial charge on any atom is -0.308 e. The van der Waals surface area contributed by atoms with E-state index in [0.717, 1.165) is 0 Å². The molecule has 1 heterocycles. The minimum atomic E-state index is -3.04. The maximum atomic E-state index is 13.1. The fourth-order valence-corrected chi connectivity index (χ4v) is 3.30. The molecule has 0 aromatic heterocycles. The highest BCUT2D eigenvalue weighted by atomic mass is 31.2. The Morgan fingerprint density at radius 1 is 1.47 bits per heavy atom. The molecule has 0 spiro atoms. The predicted octanol–water partition coefficient (Wildman–Crippen LogP) is 3.91. The Morgan fingerprint density at radius 3 is 2.88 bits per heavy atom. The van der Waals surface area contributed by atoms with Crippen molar-refractivity contribution in [1.29, 1.82) is 0 Å². The lowest BCUT2D eigenvalue weighted by Crippen LogP contribution is -2.18. The number of benzene rings is 1. The number of rotatable bonds is 2. The molecule has 2 unspecified atom stereocenters. The highest BCUT2D eigenvalue weighted by molar-refractivity contribution is 7.54. The Kier molecular flexibility index (Phi) is 3.67. The third-order valence-corrected chi connectivity index (χ3v) is 5.13. The van der Waals surface area contributed by atoms with Crippen LogP contribution in [-0.4, -0.2) is 12.3 Å². The van der Waals surface area contributed by atoms with Crippen molar-refractivity contribution < 1.29 is 18.0 Å². The highest BCUT2D eigenvalue weighted by Gasteiger charge is 2.37. The Morgan fingerprint density at radius 2 is 2.24 bits per heavy atom. The van der Waals surface area contributed by atoms with E-state index in [4.69, 9.17) is 9.05 Å². The molecule has 1 saturated heterocycles. The van der Waals surface area contributed by atoms with E-state index in [-0.39, 0.29) is 17.6 Å². The summed E-state index contributed by atoms with van der Waals surface area (Å²) in [5.74, 6) is -0.308. The average Bonchev–Trinajstić information content (AvgIpc) is 2.29. The second kappa shape index (κ2) is 4.89. The molecule has 0 radical (unpaired) electrons. The molecule has 2 atom stereocenters. The van der Waals surface area contributed by atoms with Crippen molar-refractivity contribution in [3.05, 3.63) is 35.6 Å². The van der Waals surface area contributed by atoms with Crippen LogP contribution in [0.15, 0.2) is 24.3 Å². The van der Waals surface area contributed by atoms with Crippen molar-refractivity contribution >= 4 is 7.60 Å². The quantitative estimate of drug-likeness (QED) is 0.754. The summed E-state index contributed by atoms with van der Waals surface area (Å²) in [6.07, 6.45) is 0.257. The van der Waals surface area contributed by atoms with Gasteiger partial charge in [0.1, 0.15) is 5.82 Å². The largest absolute Gasteiger partial charge is 0.333 e. The monoisotopic (exact) mass is 258 g/mol. The van der Waals surface area contributed by atoms with Crippen molar-refractivity contribution in [2.24, 2.45) is 0 Å². The van der Waals surface area contributed by atoms with Crippen LogP contribution in [0.3, 0.4) is 0 Å². The number of hydrogen-bond acceptors (Lipinski definition) is 3. The molecule has 0 N–H and O–H groups in total. The summed E-state index contributed by atoms with van der Waals surface area (Å²) in [6, 6.07) is 6.21. The lowest BCUT2D eigenvalue weighted by Gasteiger charge is -2.32. The predicted molar refractivity (Wildman–Crippen MR) is 63.5 cm³/mol. The van der Waals surface area contributed by atoms with Gasteiger partial charge in [-0.25, -0.2) is 4.39 Å². The molecule has 5 heteroatoms. The second-order valence-electron chi connectivity index (χ2n) is 4.40. The van der Waals surface area contributed by atoms with Gasteiger partial charge in [-0.1, -0.05) is 26.0 Å². The van der Waals surface area contributed by atoms with E-state index in [2.05, 4.69) is 0 Å². The Bertz CT molecular complexity index is 447. The van der Waals surface area contributed by atoms with Gasteiger partial charge in [0.05, 0.1) is 18.4 Å². The van der Waals surface area contributed by atoms with E-state index >= 15 is 0 Å². The highest BCUT2D eigenvalue weighted by Crippen LogP contribution is 2.59. The number of halogens is 1. The van der Waals surface area contributed by atoms with Gasteiger partial charge >= 0.3 is 7.60 Å². The van der Waals surface area contributed by atoms with Gasteiger partial charge in [-0.05, 0) is 17.7 Å². The third-order valence-electron chi connectivity index (χ3n) is 2.78. The van der Waals surface area contributed by atoms with Gasteiger partial charge in [-0.3, -0.25) is 4.57 Å². The van der Waals surface area contributed by atoms with E-state index in [0.29, 0.717) is 18.6 Å². The van der Waals surface area contributed by atoms with Gasteiger partial charge in [0, 0.05) is 6.42 Å². The standard InChI is InChI=1S/C12H16FO3P/c1-9(2)17(14)15-7-6-12(16-17)10-4-3-5-11(13)8-10/h3-5,8-9,12H,6-7H2,1-2H3. The summed E-state index contributed by atoms with van der Waals surface area (Å²) in [4.78, 5) is 0. The van der Waals surface area contributed by atoms with Crippen LogP contribution in [0.4, 0.5) is 4.39 Å². The van der Waals surface area contributed by atoms with E-state index in [1.54, 1.807) is 26.0 Å². The molecule has 2 rings (SSSR count). The zero-order valence-electron chi connectivity index (χ0n) is 9.93. The fourth-order valence-electron chi connectivity index (χ4n) is 1.75. The molecule has 17 heavy (non-hydrogen) atoms. The first kappa shape index (κ1) is 12.7. The van der Waals surface area contributed by atoms with Crippen LogP contribution < -0.4 is 0 Å². The molecule has 1 aliphatic heterocycles. The molecule has 0 aliphatic carbocycles. The van der Waals surface area contributed by atoms with Crippen molar-refractivity contribution in [2.45, 2.75) is 32.0 Å². The van der Waals surface area contributed by atoms with E-state index in [9.17, 15) is 8.96 Å². The first-order valence-electron chi connectivity index (χ1n) is 5.69. The SMILES string of the molecule is CC(C)P1(=O)OCCC(c2cccc(F)c2)O1. The molecule has 3 nitrogen and oxygen atoms in total. The van der Waals surface area contributed by atoms with Crippen LogP contribution in [-0.2, 0) is 13.6 Å². The smallest absolute Gasteiger partial charge is 0.308 e. The summed E-state index contributed by atoms with van der Waals surface area (Å²) in [5, 5.41) is 0. The maximum Gasteiger partial charge on any atom is 0.333 e. The third kappa shape index (κ3) is 2.76. The van der Waals surface area contributed by atoms with Crippen molar-refractivity contribution in [1.82, 2.24) is 0 Å². The van der Waals surface area contributed by atoms with Crippen LogP contribution in [0.25, 0.3) is 0 Å². The van der Waals surface area contributed by atoms with Crippen LogP contribution in [0.1, 0.15) is 31.9 Å². The summed E-state index contributed by atoms with van der Waals surface area (Å²) in [7, 11) is -3.04. The molecule has 1 aromatic carbocycles. The fraction of sp³-hybridized carbons (Fsp3) is 0.500. The van der Waals surface area contributed by atoms with Gasteiger partial charge in [-0.2, -0.15) is 0 Å². The molecule has 0 saturated carbocycles. The Labute approximate surface area is 100 Å². The first-order chi connectivity index (χ1) is 8.01. The van der Waals surface area contributed by atoms with Crippen LogP contribution in [0, 0.1) is 5.82 Å². The molecule has 0 amide bonds. The van der Waals surface area contributed by atoms with E-state index in [1.165, 1.54) is 12.1 Å². The number of hydrogen-bond donors (Lipinski definition) is 0. The Hall–Kier alpha value is -0.700. The molecule has 1 aromatic rings. The van der Waals surface area contributed by atoms with Crippen LogP contribution in [0.5, 0.6) is 0 Å². The first-order valence-corrected chi connectivity index (χ1v) is 7.30. The van der Waals surface area contributed by atoms with Crippen molar-refractivity contribution in [3.63, 3.8) is 0 Å². The van der Waals surface area contributed by atoms with Crippen molar-refractivity contribution in [3.8, 4) is 0 Å². The van der Waals surface area contributed by atoms with Crippen LogP contribution >= 0.6 is 7.60 Å². The zero-order valence-corrected chi connectivity index (χ0v) is 10.8. The molecule has 0 bridgehead atoms. The molecule has 1 aliphatic rings. The van der Waals surface area contributed by atoms with Gasteiger partial charge in [0.25, 0.3) is 0 Å². The summed E-state index contributed by atoms with van der Waals surface area (Å²) in [6.45, 7) is 3.99. The van der Waals surface area contributed by atoms with Gasteiger partial charge < -0.3 is 9.05 Å². The topological polar surface area (TPSA) is 35.5 Å². The van der Waals surface area contributed by atoms with Gasteiger partial charge in [-0.15, -0.1) is 0 Å². The van der Waals surface area contributed by atoms with Gasteiger partial charge in [0.15, 0.2) is 0 Å². The normalized spacial score (nSPS) is 29.5. The Balaban J connectivity index is 2.21. The molecular weight excluding hydrogens is 242 g/mol. The molecule has 1 fully saturated rings. The summed E-state index contributed by atoms with van der Waals surface area (Å²) in [5.41, 5.74) is 0.535. The maximum absolute atomic E-state index is 13.1.